The van der Waals surface area contributed by atoms with Gasteiger partial charge < -0.3 is 9.64 Å². The monoisotopic (exact) mass is 183 g/mol. The Hall–Kier alpha value is -0.570. The molecule has 3 heteroatoms. The maximum atomic E-state index is 11.8. The van der Waals surface area contributed by atoms with E-state index in [-0.39, 0.29) is 5.92 Å². The summed E-state index contributed by atoms with van der Waals surface area (Å²) < 4.78 is 5.21. The Morgan fingerprint density at radius 2 is 2.15 bits per heavy atom. The van der Waals surface area contributed by atoms with Gasteiger partial charge in [-0.15, -0.1) is 0 Å². The highest BCUT2D eigenvalue weighted by Crippen LogP contribution is 2.26. The molecular weight excluding hydrogens is 166 g/mol. The van der Waals surface area contributed by atoms with Crippen molar-refractivity contribution in [1.29, 1.82) is 0 Å². The summed E-state index contributed by atoms with van der Waals surface area (Å²) in [6.07, 6.45) is 4.57. The van der Waals surface area contributed by atoms with Gasteiger partial charge in [0, 0.05) is 19.7 Å². The molecule has 1 heterocycles. The Morgan fingerprint density at radius 1 is 1.38 bits per heavy atom. The first-order valence-corrected chi connectivity index (χ1v) is 5.13. The van der Waals surface area contributed by atoms with Crippen LogP contribution in [0.25, 0.3) is 0 Å². The highest BCUT2D eigenvalue weighted by Gasteiger charge is 2.31. The minimum Gasteiger partial charge on any atom is -0.381 e. The van der Waals surface area contributed by atoms with Gasteiger partial charge in [0.15, 0.2) is 0 Å². The van der Waals surface area contributed by atoms with Crippen molar-refractivity contribution in [3.63, 3.8) is 0 Å². The van der Waals surface area contributed by atoms with E-state index in [1.54, 1.807) is 0 Å². The molecule has 74 valence electrons. The van der Waals surface area contributed by atoms with Crippen LogP contribution in [-0.4, -0.2) is 37.1 Å². The van der Waals surface area contributed by atoms with Crippen molar-refractivity contribution >= 4 is 5.91 Å². The van der Waals surface area contributed by atoms with E-state index in [9.17, 15) is 4.79 Å². The van der Waals surface area contributed by atoms with Crippen molar-refractivity contribution in [2.45, 2.75) is 31.7 Å². The van der Waals surface area contributed by atoms with E-state index in [0.717, 1.165) is 13.0 Å². The average molecular weight is 183 g/mol. The Kier molecular flexibility index (Phi) is 2.54. The second-order valence-electron chi connectivity index (χ2n) is 4.09. The van der Waals surface area contributed by atoms with E-state index >= 15 is 0 Å². The van der Waals surface area contributed by atoms with Crippen molar-refractivity contribution in [2.75, 3.05) is 20.3 Å². The van der Waals surface area contributed by atoms with Crippen LogP contribution in [-0.2, 0) is 9.53 Å². The molecule has 1 amide bonds. The van der Waals surface area contributed by atoms with Crippen molar-refractivity contribution in [3.8, 4) is 0 Å². The Morgan fingerprint density at radius 3 is 2.62 bits per heavy atom. The molecule has 2 rings (SSSR count). The third kappa shape index (κ3) is 1.70. The van der Waals surface area contributed by atoms with E-state index in [1.165, 1.54) is 19.3 Å². The molecule has 0 spiro atoms. The fourth-order valence-electron chi connectivity index (χ4n) is 1.97. The standard InChI is InChI=1S/C10H17NO2/c1-11(9-3-2-4-9)10(12)8-5-6-13-7-8/h8-9H,2-7H2,1H3. The fraction of sp³-hybridized carbons (Fsp3) is 0.900. The first-order valence-electron chi connectivity index (χ1n) is 5.13. The first-order chi connectivity index (χ1) is 6.29. The second kappa shape index (κ2) is 3.66. The zero-order chi connectivity index (χ0) is 9.26. The maximum absolute atomic E-state index is 11.8. The molecule has 0 aromatic carbocycles. The van der Waals surface area contributed by atoms with Gasteiger partial charge in [-0.2, -0.15) is 0 Å². The van der Waals surface area contributed by atoms with Crippen LogP contribution < -0.4 is 0 Å². The third-order valence-corrected chi connectivity index (χ3v) is 3.25. The fourth-order valence-corrected chi connectivity index (χ4v) is 1.97. The number of nitrogens with zero attached hydrogens (tertiary/aromatic N) is 1. The Labute approximate surface area is 79.0 Å². The lowest BCUT2D eigenvalue weighted by atomic mass is 9.91. The van der Waals surface area contributed by atoms with E-state index < -0.39 is 0 Å². The molecule has 1 unspecified atom stereocenters. The van der Waals surface area contributed by atoms with Gasteiger partial charge in [-0.25, -0.2) is 0 Å². The summed E-state index contributed by atoms with van der Waals surface area (Å²) in [5, 5.41) is 0. The van der Waals surface area contributed by atoms with Crippen LogP contribution >= 0.6 is 0 Å². The van der Waals surface area contributed by atoms with E-state index in [0.29, 0.717) is 18.6 Å². The highest BCUT2D eigenvalue weighted by atomic mass is 16.5. The molecule has 0 N–H and O–H groups in total. The lowest BCUT2D eigenvalue weighted by Gasteiger charge is -2.35. The molecule has 1 saturated carbocycles. The van der Waals surface area contributed by atoms with Crippen LogP contribution in [0, 0.1) is 5.92 Å². The third-order valence-electron chi connectivity index (χ3n) is 3.25. The molecule has 0 bridgehead atoms. The number of carbonyl (C=O) groups excluding carboxylic acids is 1. The number of amides is 1. The Balaban J connectivity index is 1.87. The van der Waals surface area contributed by atoms with E-state index in [1.807, 2.05) is 11.9 Å². The van der Waals surface area contributed by atoms with Crippen LogP contribution in [0.1, 0.15) is 25.7 Å². The van der Waals surface area contributed by atoms with Gasteiger partial charge >= 0.3 is 0 Å². The molecule has 1 aliphatic carbocycles. The number of ether oxygens (including phenoxy) is 1. The summed E-state index contributed by atoms with van der Waals surface area (Å²) >= 11 is 0. The smallest absolute Gasteiger partial charge is 0.228 e. The molecular formula is C10H17NO2. The van der Waals surface area contributed by atoms with Gasteiger partial charge in [-0.1, -0.05) is 0 Å². The molecule has 0 aromatic heterocycles. The molecule has 13 heavy (non-hydrogen) atoms. The van der Waals surface area contributed by atoms with E-state index in [4.69, 9.17) is 4.74 Å². The first kappa shape index (κ1) is 9.00. The van der Waals surface area contributed by atoms with Crippen LogP contribution in [0.15, 0.2) is 0 Å². The zero-order valence-corrected chi connectivity index (χ0v) is 8.16. The Bertz CT molecular complexity index is 195. The van der Waals surface area contributed by atoms with Gasteiger partial charge in [0.25, 0.3) is 0 Å². The molecule has 1 saturated heterocycles. The molecule has 1 aliphatic heterocycles. The minimum absolute atomic E-state index is 0.144. The minimum atomic E-state index is 0.144. The topological polar surface area (TPSA) is 29.5 Å². The van der Waals surface area contributed by atoms with Crippen molar-refractivity contribution in [1.82, 2.24) is 4.90 Å². The molecule has 3 nitrogen and oxygen atoms in total. The van der Waals surface area contributed by atoms with Crippen molar-refractivity contribution < 1.29 is 9.53 Å². The maximum Gasteiger partial charge on any atom is 0.228 e. The second-order valence-corrected chi connectivity index (χ2v) is 4.09. The van der Waals surface area contributed by atoms with Gasteiger partial charge in [0.05, 0.1) is 12.5 Å². The molecule has 0 radical (unpaired) electrons. The predicted octanol–water partition coefficient (Wildman–Crippen LogP) is 1.03. The summed E-state index contributed by atoms with van der Waals surface area (Å²) in [5.41, 5.74) is 0. The van der Waals surface area contributed by atoms with Crippen molar-refractivity contribution in [2.24, 2.45) is 5.92 Å². The van der Waals surface area contributed by atoms with E-state index in [2.05, 4.69) is 0 Å². The largest absolute Gasteiger partial charge is 0.381 e. The highest BCUT2D eigenvalue weighted by molar-refractivity contribution is 5.79. The normalized spacial score (nSPS) is 28.5. The average Bonchev–Trinajstić information content (AvgIpc) is 2.51. The predicted molar refractivity (Wildman–Crippen MR) is 49.3 cm³/mol. The summed E-state index contributed by atoms with van der Waals surface area (Å²) in [6, 6.07) is 0.521. The summed E-state index contributed by atoms with van der Waals surface area (Å²) in [7, 11) is 1.94. The lowest BCUT2D eigenvalue weighted by Crippen LogP contribution is -2.44. The van der Waals surface area contributed by atoms with Gasteiger partial charge in [-0.3, -0.25) is 4.79 Å². The lowest BCUT2D eigenvalue weighted by molar-refractivity contribution is -0.137. The van der Waals surface area contributed by atoms with Crippen LogP contribution in [0.5, 0.6) is 0 Å². The number of hydrogen-bond acceptors (Lipinski definition) is 2. The van der Waals surface area contributed by atoms with Crippen LogP contribution in [0.2, 0.25) is 0 Å². The van der Waals surface area contributed by atoms with Crippen LogP contribution in [0.4, 0.5) is 0 Å². The summed E-state index contributed by atoms with van der Waals surface area (Å²) in [5.74, 6) is 0.438. The van der Waals surface area contributed by atoms with Gasteiger partial charge in [0.1, 0.15) is 0 Å². The molecule has 1 atom stereocenters. The summed E-state index contributed by atoms with van der Waals surface area (Å²) in [6.45, 7) is 1.39. The molecule has 2 fully saturated rings. The zero-order valence-electron chi connectivity index (χ0n) is 8.16. The quantitative estimate of drug-likeness (QED) is 0.640. The van der Waals surface area contributed by atoms with Crippen LogP contribution in [0.3, 0.4) is 0 Å². The SMILES string of the molecule is CN(C(=O)C1CCOC1)C1CCC1. The van der Waals surface area contributed by atoms with Crippen molar-refractivity contribution in [3.05, 3.63) is 0 Å². The number of hydrogen-bond donors (Lipinski definition) is 0. The number of rotatable bonds is 2. The molecule has 0 aromatic rings. The van der Waals surface area contributed by atoms with Gasteiger partial charge in [-0.05, 0) is 25.7 Å². The van der Waals surface area contributed by atoms with Gasteiger partial charge in [0.2, 0.25) is 5.91 Å². The number of carbonyl (C=O) groups is 1. The summed E-state index contributed by atoms with van der Waals surface area (Å²) in [4.78, 5) is 13.8. The molecule has 2 aliphatic rings.